The first-order valence-electron chi connectivity index (χ1n) is 10.2. The highest BCUT2D eigenvalue weighted by Crippen LogP contribution is 2.43. The molecule has 4 rings (SSSR count). The Balaban J connectivity index is 1.84. The molecule has 156 valence electrons. The molecule has 5 nitrogen and oxygen atoms in total. The quantitative estimate of drug-likeness (QED) is 0.452. The van der Waals surface area contributed by atoms with Crippen molar-refractivity contribution in [3.8, 4) is 0 Å². The number of benzene rings is 3. The maximum atomic E-state index is 13.7. The number of carboxylic acid groups (broad SMARTS) is 1. The number of aromatic carboxylic acids is 1. The fraction of sp³-hybridized carbons (Fsp3) is 0.154. The first-order valence-corrected chi connectivity index (χ1v) is 10.2. The molecule has 0 fully saturated rings. The van der Waals surface area contributed by atoms with Gasteiger partial charge in [0.25, 0.3) is 5.91 Å². The number of nitrogen functional groups attached to an aromatic ring is 1. The maximum absolute atomic E-state index is 13.7. The molecule has 0 aromatic heterocycles. The third-order valence-corrected chi connectivity index (χ3v) is 5.51. The number of carboxylic acids is 1. The highest BCUT2D eigenvalue weighted by atomic mass is 16.4. The van der Waals surface area contributed by atoms with Gasteiger partial charge in [0.1, 0.15) is 0 Å². The van der Waals surface area contributed by atoms with Gasteiger partial charge in [0.05, 0.1) is 23.4 Å². The summed E-state index contributed by atoms with van der Waals surface area (Å²) >= 11 is 0. The zero-order valence-electron chi connectivity index (χ0n) is 17.5. The molecule has 0 saturated heterocycles. The second-order valence-corrected chi connectivity index (χ2v) is 7.98. The molecule has 3 aromatic rings. The molecule has 0 saturated carbocycles. The van der Waals surface area contributed by atoms with Gasteiger partial charge in [-0.25, -0.2) is 4.79 Å². The van der Waals surface area contributed by atoms with Gasteiger partial charge in [-0.1, -0.05) is 56.3 Å². The number of allylic oxidation sites excluding steroid dienone is 1. The lowest BCUT2D eigenvalue weighted by Gasteiger charge is -2.19. The van der Waals surface area contributed by atoms with E-state index in [0.717, 1.165) is 28.0 Å². The molecule has 0 radical (unpaired) electrons. The maximum Gasteiger partial charge on any atom is 0.335 e. The predicted molar refractivity (Wildman–Crippen MR) is 124 cm³/mol. The Morgan fingerprint density at radius 3 is 2.35 bits per heavy atom. The molecule has 3 aromatic carbocycles. The van der Waals surface area contributed by atoms with E-state index in [2.05, 4.69) is 13.8 Å². The third-order valence-electron chi connectivity index (χ3n) is 5.51. The first kappa shape index (κ1) is 20.4. The first-order chi connectivity index (χ1) is 14.9. The van der Waals surface area contributed by atoms with Crippen LogP contribution < -0.4 is 10.6 Å². The number of rotatable bonds is 5. The van der Waals surface area contributed by atoms with E-state index in [9.17, 15) is 14.7 Å². The van der Waals surface area contributed by atoms with Crippen molar-refractivity contribution in [3.63, 3.8) is 0 Å². The van der Waals surface area contributed by atoms with Crippen molar-refractivity contribution in [2.24, 2.45) is 5.92 Å². The summed E-state index contributed by atoms with van der Waals surface area (Å²) in [6.07, 6.45) is 0. The summed E-state index contributed by atoms with van der Waals surface area (Å²) < 4.78 is 0. The zero-order chi connectivity index (χ0) is 22.1. The van der Waals surface area contributed by atoms with Crippen LogP contribution in [0.2, 0.25) is 0 Å². The van der Waals surface area contributed by atoms with Gasteiger partial charge in [-0.2, -0.15) is 0 Å². The van der Waals surface area contributed by atoms with Crippen LogP contribution >= 0.6 is 0 Å². The molecule has 0 atom stereocenters. The molecule has 31 heavy (non-hydrogen) atoms. The topological polar surface area (TPSA) is 83.6 Å². The van der Waals surface area contributed by atoms with Crippen molar-refractivity contribution in [3.05, 3.63) is 95.1 Å². The number of carbonyl (C=O) groups excluding carboxylic acids is 1. The van der Waals surface area contributed by atoms with E-state index >= 15 is 0 Å². The molecule has 1 amide bonds. The van der Waals surface area contributed by atoms with E-state index in [1.807, 2.05) is 54.6 Å². The Morgan fingerprint density at radius 2 is 1.68 bits per heavy atom. The summed E-state index contributed by atoms with van der Waals surface area (Å²) in [6.45, 7) is 4.45. The minimum atomic E-state index is -0.985. The predicted octanol–water partition coefficient (Wildman–Crippen LogP) is 5.08. The average molecular weight is 412 g/mol. The van der Waals surface area contributed by atoms with Gasteiger partial charge in [0, 0.05) is 11.3 Å². The Labute approximate surface area is 181 Å². The molecule has 0 unspecified atom stereocenters. The zero-order valence-corrected chi connectivity index (χ0v) is 17.5. The Hall–Kier alpha value is -3.86. The summed E-state index contributed by atoms with van der Waals surface area (Å²) in [7, 11) is 0. The van der Waals surface area contributed by atoms with E-state index < -0.39 is 5.97 Å². The molecular formula is C26H24N2O3. The van der Waals surface area contributed by atoms with Crippen LogP contribution in [0.5, 0.6) is 0 Å². The summed E-state index contributed by atoms with van der Waals surface area (Å²) in [4.78, 5) is 26.8. The molecule has 1 heterocycles. The smallest absolute Gasteiger partial charge is 0.335 e. The Morgan fingerprint density at radius 1 is 0.968 bits per heavy atom. The molecule has 0 aliphatic carbocycles. The fourth-order valence-electron chi connectivity index (χ4n) is 4.11. The standard InChI is InChI=1S/C26H24N2O3/c1-16(2)23(18-10-12-20(27)13-11-18)24-21-8-3-4-9-22(21)28(25(24)29)15-17-6-5-7-19(14-17)26(30)31/h3-14,16H,15,27H2,1-2H3,(H,30,31). The van der Waals surface area contributed by atoms with Crippen LogP contribution in [0, 0.1) is 5.92 Å². The number of nitrogens with zero attached hydrogens (tertiary/aromatic N) is 1. The Bertz CT molecular complexity index is 1190. The lowest BCUT2D eigenvalue weighted by Crippen LogP contribution is -2.26. The normalized spacial score (nSPS) is 14.7. The summed E-state index contributed by atoms with van der Waals surface area (Å²) in [5.74, 6) is -0.950. The van der Waals surface area contributed by atoms with Crippen LogP contribution in [-0.2, 0) is 11.3 Å². The van der Waals surface area contributed by atoms with Crippen LogP contribution in [0.3, 0.4) is 0 Å². The van der Waals surface area contributed by atoms with Gasteiger partial charge in [-0.05, 0) is 52.9 Å². The second kappa shape index (κ2) is 8.11. The lowest BCUT2D eigenvalue weighted by atomic mass is 9.88. The minimum Gasteiger partial charge on any atom is -0.478 e. The van der Waals surface area contributed by atoms with E-state index in [4.69, 9.17) is 5.73 Å². The van der Waals surface area contributed by atoms with Gasteiger partial charge < -0.3 is 15.7 Å². The van der Waals surface area contributed by atoms with E-state index in [1.165, 1.54) is 0 Å². The molecule has 1 aliphatic rings. The largest absolute Gasteiger partial charge is 0.478 e. The highest BCUT2D eigenvalue weighted by molar-refractivity contribution is 6.37. The average Bonchev–Trinajstić information content (AvgIpc) is 3.02. The molecule has 3 N–H and O–H groups in total. The molecule has 5 heteroatoms. The number of nitrogens with two attached hydrogens (primary N) is 1. The van der Waals surface area contributed by atoms with Crippen LogP contribution in [0.25, 0.3) is 11.1 Å². The summed E-state index contributed by atoms with van der Waals surface area (Å²) in [5.41, 5.74) is 11.9. The van der Waals surface area contributed by atoms with Crippen molar-refractivity contribution in [2.45, 2.75) is 20.4 Å². The minimum absolute atomic E-state index is 0.0811. The van der Waals surface area contributed by atoms with Crippen LogP contribution in [0.1, 0.15) is 40.9 Å². The number of hydrogen-bond donors (Lipinski definition) is 2. The lowest BCUT2D eigenvalue weighted by molar-refractivity contribution is -0.113. The monoisotopic (exact) mass is 412 g/mol. The van der Waals surface area contributed by atoms with Gasteiger partial charge in [-0.3, -0.25) is 4.79 Å². The SMILES string of the molecule is CC(C)C(=C1C(=O)N(Cc2cccc(C(=O)O)c2)c2ccccc21)c1ccc(N)cc1. The van der Waals surface area contributed by atoms with Crippen LogP contribution in [-0.4, -0.2) is 17.0 Å². The molecule has 0 spiro atoms. The number of hydrogen-bond acceptors (Lipinski definition) is 3. The van der Waals surface area contributed by atoms with E-state index in [0.29, 0.717) is 17.8 Å². The van der Waals surface area contributed by atoms with Gasteiger partial charge in [0.15, 0.2) is 0 Å². The van der Waals surface area contributed by atoms with E-state index in [-0.39, 0.29) is 17.4 Å². The van der Waals surface area contributed by atoms with Crippen molar-refractivity contribution >= 4 is 34.4 Å². The van der Waals surface area contributed by atoms with Crippen LogP contribution in [0.4, 0.5) is 11.4 Å². The fourth-order valence-corrected chi connectivity index (χ4v) is 4.11. The number of para-hydroxylation sites is 1. The van der Waals surface area contributed by atoms with Crippen molar-refractivity contribution < 1.29 is 14.7 Å². The van der Waals surface area contributed by atoms with Gasteiger partial charge in [0.2, 0.25) is 0 Å². The number of amides is 1. The summed E-state index contributed by atoms with van der Waals surface area (Å²) in [5, 5.41) is 9.30. The summed E-state index contributed by atoms with van der Waals surface area (Å²) in [6, 6.07) is 22.0. The van der Waals surface area contributed by atoms with Gasteiger partial charge >= 0.3 is 5.97 Å². The number of carbonyl (C=O) groups is 2. The highest BCUT2D eigenvalue weighted by Gasteiger charge is 2.35. The van der Waals surface area contributed by atoms with Crippen LogP contribution in [0.15, 0.2) is 72.8 Å². The molecule has 0 bridgehead atoms. The van der Waals surface area contributed by atoms with Gasteiger partial charge in [-0.15, -0.1) is 0 Å². The van der Waals surface area contributed by atoms with Crippen molar-refractivity contribution in [1.82, 2.24) is 0 Å². The molecule has 1 aliphatic heterocycles. The number of fused-ring (bicyclic) bond motifs is 1. The van der Waals surface area contributed by atoms with E-state index in [1.54, 1.807) is 23.1 Å². The number of anilines is 2. The second-order valence-electron chi connectivity index (χ2n) is 7.98. The van der Waals surface area contributed by atoms with Crippen molar-refractivity contribution in [1.29, 1.82) is 0 Å². The van der Waals surface area contributed by atoms with Crippen molar-refractivity contribution in [2.75, 3.05) is 10.6 Å². The Kier molecular flexibility index (Phi) is 5.34. The molecular weight excluding hydrogens is 388 g/mol. The third kappa shape index (κ3) is 3.82.